The largest absolute Gasteiger partial charge is 0.389 e. The summed E-state index contributed by atoms with van der Waals surface area (Å²) in [7, 11) is 0. The number of nitrogens with zero attached hydrogens (tertiary/aromatic N) is 2. The number of nitrogens with one attached hydrogen (secondary N) is 1. The molecule has 1 aliphatic carbocycles. The SMILES string of the molecule is CCC(=O)N[C@@H]1c2ccccc2C2(CCN(C(=O)CCC(F)(F)F)CC2)[C@H]1OCc1cccnc1. The fraction of sp³-hybridized carbons (Fsp3) is 0.500. The van der Waals surface area contributed by atoms with Gasteiger partial charge in [0, 0.05) is 43.7 Å². The summed E-state index contributed by atoms with van der Waals surface area (Å²) in [5.41, 5.74) is 2.49. The smallest absolute Gasteiger partial charge is 0.370 e. The van der Waals surface area contributed by atoms with Gasteiger partial charge in [-0.2, -0.15) is 13.2 Å². The summed E-state index contributed by atoms with van der Waals surface area (Å²) in [5.74, 6) is -0.566. The molecule has 4 rings (SSSR count). The fourth-order valence-electron chi connectivity index (χ4n) is 5.33. The van der Waals surface area contributed by atoms with Gasteiger partial charge in [0.05, 0.1) is 25.2 Å². The van der Waals surface area contributed by atoms with Gasteiger partial charge in [-0.05, 0) is 35.6 Å². The zero-order valence-corrected chi connectivity index (χ0v) is 19.7. The monoisotopic (exact) mass is 489 g/mol. The molecular formula is C26H30F3N3O3. The van der Waals surface area contributed by atoms with Crippen LogP contribution in [0.5, 0.6) is 0 Å². The number of hydrogen-bond acceptors (Lipinski definition) is 4. The summed E-state index contributed by atoms with van der Waals surface area (Å²) in [6.07, 6.45) is -1.56. The summed E-state index contributed by atoms with van der Waals surface area (Å²) in [6, 6.07) is 11.3. The first-order chi connectivity index (χ1) is 16.7. The molecule has 1 fully saturated rings. The Morgan fingerprint density at radius 1 is 1.17 bits per heavy atom. The number of hydrogen-bond donors (Lipinski definition) is 1. The van der Waals surface area contributed by atoms with Crippen molar-refractivity contribution >= 4 is 11.8 Å². The minimum Gasteiger partial charge on any atom is -0.370 e. The van der Waals surface area contributed by atoms with Gasteiger partial charge >= 0.3 is 6.18 Å². The highest BCUT2D eigenvalue weighted by Crippen LogP contribution is 2.52. The van der Waals surface area contributed by atoms with Crippen molar-refractivity contribution in [3.05, 3.63) is 65.5 Å². The van der Waals surface area contributed by atoms with Crippen LogP contribution in [0.4, 0.5) is 13.2 Å². The van der Waals surface area contributed by atoms with Crippen LogP contribution in [-0.2, 0) is 26.3 Å². The van der Waals surface area contributed by atoms with E-state index >= 15 is 0 Å². The lowest BCUT2D eigenvalue weighted by atomic mass is 9.71. The van der Waals surface area contributed by atoms with Crippen molar-refractivity contribution in [1.29, 1.82) is 0 Å². The molecule has 2 heterocycles. The van der Waals surface area contributed by atoms with E-state index in [2.05, 4.69) is 10.3 Å². The molecule has 0 radical (unpaired) electrons. The zero-order valence-electron chi connectivity index (χ0n) is 19.7. The average Bonchev–Trinajstić information content (AvgIpc) is 3.10. The van der Waals surface area contributed by atoms with E-state index in [9.17, 15) is 22.8 Å². The quantitative estimate of drug-likeness (QED) is 0.624. The van der Waals surface area contributed by atoms with Crippen LogP contribution < -0.4 is 5.32 Å². The number of amides is 2. The van der Waals surface area contributed by atoms with Crippen molar-refractivity contribution in [2.45, 2.75) is 69.4 Å². The van der Waals surface area contributed by atoms with Crippen LogP contribution in [0, 0.1) is 0 Å². The van der Waals surface area contributed by atoms with Gasteiger partial charge in [-0.1, -0.05) is 37.3 Å². The highest BCUT2D eigenvalue weighted by Gasteiger charge is 2.54. The van der Waals surface area contributed by atoms with Gasteiger partial charge in [-0.3, -0.25) is 14.6 Å². The topological polar surface area (TPSA) is 71.5 Å². The number of fused-ring (bicyclic) bond motifs is 2. The number of carbonyl (C=O) groups is 2. The van der Waals surface area contributed by atoms with E-state index in [0.717, 1.165) is 16.7 Å². The van der Waals surface area contributed by atoms with Crippen LogP contribution >= 0.6 is 0 Å². The molecule has 0 bridgehead atoms. The summed E-state index contributed by atoms with van der Waals surface area (Å²) in [4.78, 5) is 30.6. The molecule has 0 unspecified atom stereocenters. The Labute approximate surface area is 202 Å². The van der Waals surface area contributed by atoms with Crippen molar-refractivity contribution < 1.29 is 27.5 Å². The summed E-state index contributed by atoms with van der Waals surface area (Å²) < 4.78 is 44.3. The Morgan fingerprint density at radius 3 is 2.57 bits per heavy atom. The van der Waals surface area contributed by atoms with E-state index in [0.29, 0.717) is 39.0 Å². The van der Waals surface area contributed by atoms with Crippen LogP contribution in [0.1, 0.15) is 61.8 Å². The molecular weight excluding hydrogens is 459 g/mol. The predicted octanol–water partition coefficient (Wildman–Crippen LogP) is 4.45. The average molecular weight is 490 g/mol. The second-order valence-electron chi connectivity index (χ2n) is 9.23. The lowest BCUT2D eigenvalue weighted by Gasteiger charge is -2.44. The van der Waals surface area contributed by atoms with Gasteiger partial charge in [0.2, 0.25) is 11.8 Å². The van der Waals surface area contributed by atoms with E-state index in [1.807, 2.05) is 36.4 Å². The Bertz CT molecular complexity index is 1040. The van der Waals surface area contributed by atoms with Gasteiger partial charge in [0.1, 0.15) is 0 Å². The molecule has 1 aromatic heterocycles. The van der Waals surface area contributed by atoms with E-state index < -0.39 is 30.3 Å². The summed E-state index contributed by atoms with van der Waals surface area (Å²) in [5, 5.41) is 3.13. The number of alkyl halides is 3. The van der Waals surface area contributed by atoms with Crippen LogP contribution in [0.15, 0.2) is 48.8 Å². The maximum Gasteiger partial charge on any atom is 0.389 e. The number of halogens is 3. The highest BCUT2D eigenvalue weighted by molar-refractivity contribution is 5.77. The van der Waals surface area contributed by atoms with Gasteiger partial charge < -0.3 is 15.0 Å². The maximum absolute atomic E-state index is 12.6. The first-order valence-electron chi connectivity index (χ1n) is 12.0. The lowest BCUT2D eigenvalue weighted by molar-refractivity contribution is -0.150. The van der Waals surface area contributed by atoms with Crippen LogP contribution in [0.2, 0.25) is 0 Å². The second-order valence-corrected chi connectivity index (χ2v) is 9.23. The van der Waals surface area contributed by atoms with E-state index in [-0.39, 0.29) is 18.1 Å². The third-order valence-corrected chi connectivity index (χ3v) is 7.10. The first kappa shape index (κ1) is 25.2. The van der Waals surface area contributed by atoms with Gasteiger partial charge in [0.15, 0.2) is 0 Å². The molecule has 2 amide bonds. The number of rotatable bonds is 7. The van der Waals surface area contributed by atoms with Crippen LogP contribution in [-0.4, -0.2) is 47.1 Å². The van der Waals surface area contributed by atoms with Crippen LogP contribution in [0.3, 0.4) is 0 Å². The van der Waals surface area contributed by atoms with E-state index in [1.165, 1.54) is 4.90 Å². The minimum absolute atomic E-state index is 0.0865. The third-order valence-electron chi connectivity index (χ3n) is 7.10. The molecule has 9 heteroatoms. The molecule has 188 valence electrons. The Balaban J connectivity index is 1.59. The standard InChI is InChI=1S/C26H30F3N3O3/c1-2-21(33)31-23-19-7-3-4-8-20(19)25(24(23)35-17-18-6-5-13-30-16-18)11-14-32(15-12-25)22(34)9-10-26(27,28)29/h3-8,13,16,23-24H,2,9-12,14-15,17H2,1H3,(H,31,33)/t23-,24+/m1/s1. The Kier molecular flexibility index (Phi) is 7.44. The third kappa shape index (κ3) is 5.50. The number of benzene rings is 1. The van der Waals surface area contributed by atoms with E-state index in [1.54, 1.807) is 19.3 Å². The molecule has 1 saturated heterocycles. The number of likely N-dealkylation sites (tertiary alicyclic amines) is 1. The van der Waals surface area contributed by atoms with Crippen molar-refractivity contribution in [2.24, 2.45) is 0 Å². The molecule has 1 aromatic carbocycles. The molecule has 1 aliphatic heterocycles. The van der Waals surface area contributed by atoms with Crippen molar-refractivity contribution in [2.75, 3.05) is 13.1 Å². The molecule has 6 nitrogen and oxygen atoms in total. The molecule has 0 saturated carbocycles. The number of carbonyl (C=O) groups excluding carboxylic acids is 2. The molecule has 1 N–H and O–H groups in total. The molecule has 2 aromatic rings. The Hall–Kier alpha value is -2.94. The zero-order chi connectivity index (χ0) is 25.1. The summed E-state index contributed by atoms with van der Waals surface area (Å²) in [6.45, 7) is 2.78. The lowest BCUT2D eigenvalue weighted by Crippen LogP contribution is -2.52. The highest BCUT2D eigenvalue weighted by atomic mass is 19.4. The van der Waals surface area contributed by atoms with Crippen molar-refractivity contribution in [3.8, 4) is 0 Å². The summed E-state index contributed by atoms with van der Waals surface area (Å²) >= 11 is 0. The fourth-order valence-corrected chi connectivity index (χ4v) is 5.33. The normalized spacial score (nSPS) is 21.1. The van der Waals surface area contributed by atoms with Gasteiger partial charge in [0.25, 0.3) is 0 Å². The molecule has 2 aliphatic rings. The van der Waals surface area contributed by atoms with Crippen molar-refractivity contribution in [1.82, 2.24) is 15.2 Å². The maximum atomic E-state index is 12.6. The molecule has 35 heavy (non-hydrogen) atoms. The predicted molar refractivity (Wildman–Crippen MR) is 123 cm³/mol. The Morgan fingerprint density at radius 2 is 1.91 bits per heavy atom. The molecule has 1 spiro atoms. The van der Waals surface area contributed by atoms with E-state index in [4.69, 9.17) is 4.74 Å². The van der Waals surface area contributed by atoms with Crippen molar-refractivity contribution in [3.63, 3.8) is 0 Å². The van der Waals surface area contributed by atoms with Crippen LogP contribution in [0.25, 0.3) is 0 Å². The number of pyridine rings is 1. The first-order valence-corrected chi connectivity index (χ1v) is 12.0. The molecule has 2 atom stereocenters. The minimum atomic E-state index is -4.35. The number of ether oxygens (including phenoxy) is 1. The number of aromatic nitrogens is 1. The van der Waals surface area contributed by atoms with Gasteiger partial charge in [-0.25, -0.2) is 0 Å². The van der Waals surface area contributed by atoms with Gasteiger partial charge in [-0.15, -0.1) is 0 Å². The number of piperidine rings is 1. The second kappa shape index (κ2) is 10.4.